The van der Waals surface area contributed by atoms with E-state index in [0.717, 1.165) is 16.8 Å². The number of ether oxygens (including phenoxy) is 1. The molecule has 156 valence electrons. The van der Waals surface area contributed by atoms with Gasteiger partial charge in [-0.2, -0.15) is 4.31 Å². The number of phenolic OH excluding ortho intramolecular Hbond substituents is 1. The second kappa shape index (κ2) is 8.84. The molecule has 1 heterocycles. The third-order valence-corrected chi connectivity index (χ3v) is 7.24. The van der Waals surface area contributed by atoms with Gasteiger partial charge in [-0.1, -0.05) is 23.8 Å². The van der Waals surface area contributed by atoms with Gasteiger partial charge in [-0.3, -0.25) is 4.79 Å². The van der Waals surface area contributed by atoms with Crippen molar-refractivity contribution in [3.63, 3.8) is 0 Å². The van der Waals surface area contributed by atoms with Gasteiger partial charge >= 0.3 is 0 Å². The first kappa shape index (κ1) is 21.1. The Labute approximate surface area is 171 Å². The maximum Gasteiger partial charge on any atom is 0.293 e. The van der Waals surface area contributed by atoms with E-state index in [2.05, 4.69) is 4.90 Å². The van der Waals surface area contributed by atoms with Crippen molar-refractivity contribution < 1.29 is 23.1 Å². The average Bonchev–Trinajstić information content (AvgIpc) is 2.72. The smallest absolute Gasteiger partial charge is 0.293 e. The number of rotatable bonds is 7. The van der Waals surface area contributed by atoms with E-state index in [4.69, 9.17) is 4.74 Å². The number of sulfonamides is 1. The summed E-state index contributed by atoms with van der Waals surface area (Å²) in [5.74, 6) is -0.0647. The molecule has 1 saturated heterocycles. The number of hydrogen-bond donors (Lipinski definition) is 1. The Bertz CT molecular complexity index is 969. The molecule has 7 nitrogen and oxygen atoms in total. The molecule has 0 unspecified atom stereocenters. The topological polar surface area (TPSA) is 87.2 Å². The summed E-state index contributed by atoms with van der Waals surface area (Å²) in [6.45, 7) is 3.43. The molecule has 0 bridgehead atoms. The molecular weight excluding hydrogens is 392 g/mol. The van der Waals surface area contributed by atoms with Crippen LogP contribution in [0.25, 0.3) is 0 Å². The van der Waals surface area contributed by atoms with E-state index in [1.165, 1.54) is 28.6 Å². The fourth-order valence-electron chi connectivity index (χ4n) is 3.76. The van der Waals surface area contributed by atoms with Gasteiger partial charge in [0.2, 0.25) is 10.0 Å². The molecule has 29 heavy (non-hydrogen) atoms. The number of piperidine rings is 1. The third-order valence-electron chi connectivity index (χ3n) is 5.35. The summed E-state index contributed by atoms with van der Waals surface area (Å²) >= 11 is 0. The lowest BCUT2D eigenvalue weighted by atomic mass is 10.0. The Kier molecular flexibility index (Phi) is 6.44. The van der Waals surface area contributed by atoms with E-state index in [-0.39, 0.29) is 23.3 Å². The van der Waals surface area contributed by atoms with Crippen LogP contribution in [0, 0.1) is 6.92 Å². The number of carbonyl (C=O) groups excluding carboxylic acids is 1. The van der Waals surface area contributed by atoms with Crippen LogP contribution in [0.4, 0.5) is 5.69 Å². The Hall–Kier alpha value is -2.58. The third kappa shape index (κ3) is 4.71. The lowest BCUT2D eigenvalue weighted by Crippen LogP contribution is -2.45. The van der Waals surface area contributed by atoms with Crippen molar-refractivity contribution in [3.8, 4) is 5.75 Å². The molecule has 0 atom stereocenters. The van der Waals surface area contributed by atoms with Gasteiger partial charge in [-0.25, -0.2) is 8.42 Å². The number of carbonyl (C=O) groups is 1. The molecule has 0 amide bonds. The van der Waals surface area contributed by atoms with E-state index in [1.54, 1.807) is 0 Å². The number of phenols is 1. The van der Waals surface area contributed by atoms with Gasteiger partial charge in [-0.15, -0.1) is 0 Å². The van der Waals surface area contributed by atoms with Crippen LogP contribution in [-0.2, 0) is 26.2 Å². The van der Waals surface area contributed by atoms with Crippen molar-refractivity contribution in [1.29, 1.82) is 0 Å². The molecule has 3 rings (SSSR count). The summed E-state index contributed by atoms with van der Waals surface area (Å²) in [7, 11) is -1.64. The van der Waals surface area contributed by atoms with Gasteiger partial charge in [0.15, 0.2) is 0 Å². The molecule has 2 aromatic carbocycles. The number of aromatic hydroxyl groups is 1. The lowest BCUT2D eigenvalue weighted by Gasteiger charge is -2.38. The van der Waals surface area contributed by atoms with Crippen LogP contribution in [0.2, 0.25) is 0 Å². The highest BCUT2D eigenvalue weighted by atomic mass is 32.2. The molecule has 1 aliphatic rings. The number of benzene rings is 2. The molecule has 0 aliphatic carbocycles. The molecule has 1 aliphatic heterocycles. The minimum Gasteiger partial charge on any atom is -0.508 e. The Morgan fingerprint density at radius 2 is 1.93 bits per heavy atom. The molecule has 0 spiro atoms. The zero-order valence-corrected chi connectivity index (χ0v) is 17.4. The van der Waals surface area contributed by atoms with Crippen LogP contribution in [0.15, 0.2) is 47.4 Å². The first-order valence-corrected chi connectivity index (χ1v) is 10.9. The quantitative estimate of drug-likeness (QED) is 0.696. The van der Waals surface area contributed by atoms with Crippen molar-refractivity contribution in [2.75, 3.05) is 25.0 Å². The number of aryl methyl sites for hydroxylation is 1. The molecule has 0 saturated carbocycles. The molecular formula is C21H26N2O5S. The van der Waals surface area contributed by atoms with Crippen LogP contribution >= 0.6 is 0 Å². The van der Waals surface area contributed by atoms with Gasteiger partial charge in [0, 0.05) is 37.4 Å². The van der Waals surface area contributed by atoms with Crippen LogP contribution in [0.1, 0.15) is 24.0 Å². The van der Waals surface area contributed by atoms with E-state index < -0.39 is 10.0 Å². The zero-order valence-electron chi connectivity index (χ0n) is 16.6. The summed E-state index contributed by atoms with van der Waals surface area (Å²) in [6, 6.07) is 11.9. The van der Waals surface area contributed by atoms with Gasteiger partial charge in [0.1, 0.15) is 12.4 Å². The first-order chi connectivity index (χ1) is 13.8. The van der Waals surface area contributed by atoms with Gasteiger partial charge in [0.25, 0.3) is 6.47 Å². The van der Waals surface area contributed by atoms with E-state index in [9.17, 15) is 18.3 Å². The summed E-state index contributed by atoms with van der Waals surface area (Å²) in [5, 5.41) is 9.60. The van der Waals surface area contributed by atoms with Crippen LogP contribution in [0.5, 0.6) is 5.75 Å². The van der Waals surface area contributed by atoms with Crippen LogP contribution < -0.4 is 4.90 Å². The SMILES string of the molecule is Cc1ccc(N(C)C2CCN(S(=O)(=O)c3cccc(O)c3)CC2)c(COC=O)c1. The minimum absolute atomic E-state index is 0.0647. The highest BCUT2D eigenvalue weighted by Gasteiger charge is 2.31. The number of anilines is 1. The van der Waals surface area contributed by atoms with Crippen molar-refractivity contribution in [2.24, 2.45) is 0 Å². The maximum absolute atomic E-state index is 12.8. The van der Waals surface area contributed by atoms with Gasteiger partial charge < -0.3 is 14.7 Å². The second-order valence-electron chi connectivity index (χ2n) is 7.28. The molecule has 1 N–H and O–H groups in total. The summed E-state index contributed by atoms with van der Waals surface area (Å²) < 4.78 is 32.1. The van der Waals surface area contributed by atoms with Gasteiger partial charge in [0.05, 0.1) is 4.90 Å². The number of hydrogen-bond acceptors (Lipinski definition) is 6. The molecule has 0 aromatic heterocycles. The monoisotopic (exact) mass is 418 g/mol. The summed E-state index contributed by atoms with van der Waals surface area (Å²) in [5.41, 5.74) is 2.99. The predicted octanol–water partition coefficient (Wildman–Crippen LogP) is 2.66. The van der Waals surface area contributed by atoms with Crippen LogP contribution in [-0.4, -0.2) is 50.5 Å². The summed E-state index contributed by atoms with van der Waals surface area (Å²) in [6.07, 6.45) is 1.35. The van der Waals surface area contributed by atoms with Crippen molar-refractivity contribution in [3.05, 3.63) is 53.6 Å². The first-order valence-electron chi connectivity index (χ1n) is 9.49. The largest absolute Gasteiger partial charge is 0.508 e. The van der Waals surface area contributed by atoms with Crippen molar-refractivity contribution in [2.45, 2.75) is 37.3 Å². The van der Waals surface area contributed by atoms with Crippen molar-refractivity contribution in [1.82, 2.24) is 4.31 Å². The second-order valence-corrected chi connectivity index (χ2v) is 9.22. The lowest BCUT2D eigenvalue weighted by molar-refractivity contribution is -0.129. The average molecular weight is 419 g/mol. The Morgan fingerprint density at radius 3 is 2.59 bits per heavy atom. The Balaban J connectivity index is 1.71. The highest BCUT2D eigenvalue weighted by Crippen LogP contribution is 2.29. The van der Waals surface area contributed by atoms with Crippen molar-refractivity contribution >= 4 is 22.2 Å². The van der Waals surface area contributed by atoms with Gasteiger partial charge in [-0.05, 0) is 44.0 Å². The fraction of sp³-hybridized carbons (Fsp3) is 0.381. The minimum atomic E-state index is -3.63. The molecule has 2 aromatic rings. The fourth-order valence-corrected chi connectivity index (χ4v) is 5.27. The molecule has 8 heteroatoms. The maximum atomic E-state index is 12.8. The molecule has 1 fully saturated rings. The normalized spacial score (nSPS) is 15.8. The highest BCUT2D eigenvalue weighted by molar-refractivity contribution is 7.89. The predicted molar refractivity (Wildman–Crippen MR) is 110 cm³/mol. The summed E-state index contributed by atoms with van der Waals surface area (Å²) in [4.78, 5) is 12.8. The Morgan fingerprint density at radius 1 is 1.21 bits per heavy atom. The zero-order chi connectivity index (χ0) is 21.0. The van der Waals surface area contributed by atoms with E-state index in [1.807, 2.05) is 32.2 Å². The number of nitrogens with zero attached hydrogens (tertiary/aromatic N) is 2. The van der Waals surface area contributed by atoms with Crippen LogP contribution in [0.3, 0.4) is 0 Å². The van der Waals surface area contributed by atoms with E-state index in [0.29, 0.717) is 32.4 Å². The molecule has 0 radical (unpaired) electrons. The van der Waals surface area contributed by atoms with E-state index >= 15 is 0 Å². The standard InChI is InChI=1S/C21H26N2O5S/c1-16-6-7-21(17(12-16)14-28-15-24)22(2)18-8-10-23(11-9-18)29(26,27)20-5-3-4-19(25)13-20/h3-7,12-13,15,18,25H,8-11,14H2,1-2H3.